The van der Waals surface area contributed by atoms with Gasteiger partial charge in [-0.2, -0.15) is 0 Å². The summed E-state index contributed by atoms with van der Waals surface area (Å²) in [5, 5.41) is 13.1. The van der Waals surface area contributed by atoms with Crippen LogP contribution in [0.15, 0.2) is 42.5 Å². The molecular formula is C38H57ClF2O6. The zero-order valence-corrected chi connectivity index (χ0v) is 29.8. The van der Waals surface area contributed by atoms with E-state index in [2.05, 4.69) is 0 Å². The normalized spacial score (nSPS) is 24.0. The lowest BCUT2D eigenvalue weighted by atomic mass is 9.66. The van der Waals surface area contributed by atoms with Crippen molar-refractivity contribution in [1.29, 1.82) is 0 Å². The molecule has 1 unspecified atom stereocenters. The van der Waals surface area contributed by atoms with Crippen LogP contribution in [0.25, 0.3) is 0 Å². The van der Waals surface area contributed by atoms with E-state index >= 15 is 8.78 Å². The Morgan fingerprint density at radius 3 is 1.91 bits per heavy atom. The number of rotatable bonds is 22. The summed E-state index contributed by atoms with van der Waals surface area (Å²) in [6, 6.07) is 12.3. The van der Waals surface area contributed by atoms with Crippen molar-refractivity contribution >= 4 is 11.6 Å². The zero-order valence-electron chi connectivity index (χ0n) is 29.1. The van der Waals surface area contributed by atoms with E-state index in [0.717, 1.165) is 49.8 Å². The number of hydrogen-bond donors (Lipinski definition) is 1. The van der Waals surface area contributed by atoms with E-state index in [1.807, 2.05) is 58.9 Å². The standard InChI is InChI=1S/C38H57ClF2O6/c1-6-11-21-43-27-32-34(45-22-12-7-2)35(46-23-13-8-3)36(47-24-14-9-4)37(42,38(32,40)41)30-17-20-33(39)29(26-30)25-28-15-18-31(19-16-28)44-10-5/h15-20,26,32,34-36,42H,6-14,21-25,27H2,1-5H3/t32-,34-,35+,36-,37?/m1/s1. The van der Waals surface area contributed by atoms with Gasteiger partial charge in [-0.3, -0.25) is 0 Å². The van der Waals surface area contributed by atoms with Crippen LogP contribution in [0.2, 0.25) is 5.02 Å². The van der Waals surface area contributed by atoms with E-state index in [-0.39, 0.29) is 18.8 Å². The largest absolute Gasteiger partial charge is 0.494 e. The van der Waals surface area contributed by atoms with Crippen LogP contribution < -0.4 is 4.74 Å². The SMILES string of the molecule is CCCCOC[C@@H]1[C@@H](OCCCC)[C@H](OCCCC)[C@@H](OCCCC)C(O)(c2ccc(Cl)c(Cc3ccc(OCC)cc3)c2)C1(F)F. The molecule has 5 atom stereocenters. The van der Waals surface area contributed by atoms with Crippen LogP contribution in [0.5, 0.6) is 5.75 Å². The second-order valence-electron chi connectivity index (χ2n) is 12.5. The number of halogens is 3. The Hall–Kier alpha value is -1.81. The molecule has 1 aliphatic carbocycles. The van der Waals surface area contributed by atoms with Crippen LogP contribution >= 0.6 is 11.6 Å². The Bertz CT molecular complexity index is 1170. The van der Waals surface area contributed by atoms with Crippen LogP contribution in [0.3, 0.4) is 0 Å². The number of alkyl halides is 2. The molecule has 47 heavy (non-hydrogen) atoms. The average Bonchev–Trinajstić information content (AvgIpc) is 3.06. The van der Waals surface area contributed by atoms with E-state index < -0.39 is 35.8 Å². The van der Waals surface area contributed by atoms with Gasteiger partial charge in [-0.15, -0.1) is 0 Å². The third kappa shape index (κ3) is 10.1. The molecule has 2 aromatic rings. The molecule has 0 aromatic heterocycles. The minimum atomic E-state index is -3.71. The van der Waals surface area contributed by atoms with Crippen molar-refractivity contribution < 1.29 is 37.6 Å². The van der Waals surface area contributed by atoms with Gasteiger partial charge in [-0.1, -0.05) is 89.2 Å². The average molecular weight is 683 g/mol. The molecule has 0 aliphatic heterocycles. The molecule has 1 saturated carbocycles. The summed E-state index contributed by atoms with van der Waals surface area (Å²) in [5.41, 5.74) is -1.17. The molecule has 9 heteroatoms. The summed E-state index contributed by atoms with van der Waals surface area (Å²) >= 11 is 6.67. The van der Waals surface area contributed by atoms with Crippen molar-refractivity contribution in [2.75, 3.05) is 39.6 Å². The lowest BCUT2D eigenvalue weighted by molar-refractivity contribution is -0.347. The second-order valence-corrected chi connectivity index (χ2v) is 12.9. The molecule has 0 spiro atoms. The Labute approximate surface area is 286 Å². The first-order valence-corrected chi connectivity index (χ1v) is 18.1. The molecule has 266 valence electrons. The predicted molar refractivity (Wildman–Crippen MR) is 184 cm³/mol. The van der Waals surface area contributed by atoms with Crippen molar-refractivity contribution in [3.8, 4) is 5.75 Å². The Morgan fingerprint density at radius 1 is 0.745 bits per heavy atom. The fourth-order valence-electron chi connectivity index (χ4n) is 6.06. The molecule has 0 radical (unpaired) electrons. The third-order valence-electron chi connectivity index (χ3n) is 8.87. The lowest BCUT2D eigenvalue weighted by Crippen LogP contribution is -2.72. The van der Waals surface area contributed by atoms with Gasteiger partial charge >= 0.3 is 0 Å². The van der Waals surface area contributed by atoms with Crippen molar-refractivity contribution in [1.82, 2.24) is 0 Å². The zero-order chi connectivity index (χ0) is 34.3. The van der Waals surface area contributed by atoms with Crippen molar-refractivity contribution in [3.05, 3.63) is 64.2 Å². The van der Waals surface area contributed by atoms with Gasteiger partial charge in [-0.25, -0.2) is 8.78 Å². The summed E-state index contributed by atoms with van der Waals surface area (Å²) in [4.78, 5) is 0. The highest BCUT2D eigenvalue weighted by Gasteiger charge is 2.72. The van der Waals surface area contributed by atoms with E-state index in [1.54, 1.807) is 12.1 Å². The third-order valence-corrected chi connectivity index (χ3v) is 9.24. The molecule has 6 nitrogen and oxygen atoms in total. The minimum absolute atomic E-state index is 0.0315. The Balaban J connectivity index is 2.15. The molecule has 0 amide bonds. The quantitative estimate of drug-likeness (QED) is 0.125. The maximum absolute atomic E-state index is 17.4. The summed E-state index contributed by atoms with van der Waals surface area (Å²) < 4.78 is 65.2. The Morgan fingerprint density at radius 2 is 1.32 bits per heavy atom. The van der Waals surface area contributed by atoms with Gasteiger partial charge in [0.15, 0.2) is 5.60 Å². The predicted octanol–water partition coefficient (Wildman–Crippen LogP) is 9.15. The summed E-state index contributed by atoms with van der Waals surface area (Å²) in [6.07, 6.45) is 3.22. The van der Waals surface area contributed by atoms with Crippen molar-refractivity contribution in [2.45, 2.75) is 122 Å². The van der Waals surface area contributed by atoms with Gasteiger partial charge in [0.1, 0.15) is 18.0 Å². The summed E-state index contributed by atoms with van der Waals surface area (Å²) in [7, 11) is 0. The first kappa shape index (κ1) is 39.6. The molecule has 1 aliphatic rings. The molecule has 0 saturated heterocycles. The van der Waals surface area contributed by atoms with E-state index in [1.165, 1.54) is 6.07 Å². The highest BCUT2D eigenvalue weighted by atomic mass is 35.5. The van der Waals surface area contributed by atoms with Gasteiger partial charge in [0.25, 0.3) is 5.92 Å². The topological polar surface area (TPSA) is 66.4 Å². The van der Waals surface area contributed by atoms with E-state index in [0.29, 0.717) is 56.3 Å². The second kappa shape index (κ2) is 20.0. The number of ether oxygens (including phenoxy) is 5. The van der Waals surface area contributed by atoms with Crippen LogP contribution in [0.4, 0.5) is 8.78 Å². The minimum Gasteiger partial charge on any atom is -0.494 e. The fraction of sp³-hybridized carbons (Fsp3) is 0.684. The van der Waals surface area contributed by atoms with Crippen molar-refractivity contribution in [3.63, 3.8) is 0 Å². The molecular weight excluding hydrogens is 626 g/mol. The van der Waals surface area contributed by atoms with Gasteiger partial charge in [0, 0.05) is 31.5 Å². The number of aliphatic hydroxyl groups is 1. The summed E-state index contributed by atoms with van der Waals surface area (Å²) in [5.74, 6) is -4.44. The highest BCUT2D eigenvalue weighted by molar-refractivity contribution is 6.31. The maximum atomic E-state index is 17.4. The monoisotopic (exact) mass is 682 g/mol. The molecule has 1 fully saturated rings. The molecule has 0 heterocycles. The van der Waals surface area contributed by atoms with Crippen LogP contribution in [-0.2, 0) is 31.0 Å². The van der Waals surface area contributed by atoms with Crippen LogP contribution in [-0.4, -0.2) is 69.0 Å². The van der Waals surface area contributed by atoms with Gasteiger partial charge < -0.3 is 28.8 Å². The van der Waals surface area contributed by atoms with Gasteiger partial charge in [0.2, 0.25) is 0 Å². The number of unbranched alkanes of at least 4 members (excludes halogenated alkanes) is 4. The molecule has 3 rings (SSSR count). The van der Waals surface area contributed by atoms with Gasteiger partial charge in [-0.05, 0) is 73.9 Å². The first-order valence-electron chi connectivity index (χ1n) is 17.7. The van der Waals surface area contributed by atoms with E-state index in [4.69, 9.17) is 35.3 Å². The highest BCUT2D eigenvalue weighted by Crippen LogP contribution is 2.54. The maximum Gasteiger partial charge on any atom is 0.290 e. The molecule has 0 bridgehead atoms. The molecule has 2 aromatic carbocycles. The summed E-state index contributed by atoms with van der Waals surface area (Å²) in [6.45, 7) is 11.5. The number of benzene rings is 2. The number of hydrogen-bond acceptors (Lipinski definition) is 6. The Kier molecular flexibility index (Phi) is 16.9. The lowest BCUT2D eigenvalue weighted by Gasteiger charge is -2.55. The fourth-order valence-corrected chi connectivity index (χ4v) is 6.24. The van der Waals surface area contributed by atoms with Gasteiger partial charge in [0.05, 0.1) is 25.2 Å². The first-order chi connectivity index (χ1) is 22.7. The van der Waals surface area contributed by atoms with Crippen LogP contribution in [0.1, 0.15) is 103 Å². The smallest absolute Gasteiger partial charge is 0.290 e. The van der Waals surface area contributed by atoms with Crippen LogP contribution in [0, 0.1) is 5.92 Å². The van der Waals surface area contributed by atoms with Crippen molar-refractivity contribution in [2.24, 2.45) is 5.92 Å². The molecule has 1 N–H and O–H groups in total. The van der Waals surface area contributed by atoms with E-state index in [9.17, 15) is 5.11 Å².